The molecule has 3 amide bonds. The third-order valence-corrected chi connectivity index (χ3v) is 4.74. The zero-order valence-corrected chi connectivity index (χ0v) is 17.2. The molecule has 1 aromatic rings. The van der Waals surface area contributed by atoms with Crippen molar-refractivity contribution in [3.05, 3.63) is 18.2 Å². The van der Waals surface area contributed by atoms with Crippen LogP contribution in [-0.2, 0) is 25.6 Å². The highest BCUT2D eigenvalue weighted by Gasteiger charge is 2.30. The van der Waals surface area contributed by atoms with E-state index in [-0.39, 0.29) is 24.3 Å². The lowest BCUT2D eigenvalue weighted by Gasteiger charge is -2.25. The number of rotatable bonds is 11. The number of carboxylic acid groups (broad SMARTS) is 1. The van der Waals surface area contributed by atoms with Crippen molar-refractivity contribution in [1.82, 2.24) is 31.2 Å². The molecule has 3 atom stereocenters. The van der Waals surface area contributed by atoms with Crippen molar-refractivity contribution in [3.63, 3.8) is 0 Å². The monoisotopic (exact) mass is 422 g/mol. The van der Waals surface area contributed by atoms with E-state index in [1.807, 2.05) is 13.8 Å². The molecule has 0 bridgehead atoms. The zero-order chi connectivity index (χ0) is 22.1. The third-order valence-electron chi connectivity index (χ3n) is 4.74. The topological polar surface area (TPSA) is 165 Å². The van der Waals surface area contributed by atoms with E-state index in [9.17, 15) is 19.2 Å². The van der Waals surface area contributed by atoms with Crippen LogP contribution >= 0.6 is 0 Å². The van der Waals surface area contributed by atoms with Crippen LogP contribution in [0.2, 0.25) is 0 Å². The number of aromatic nitrogens is 2. The van der Waals surface area contributed by atoms with Crippen LogP contribution in [0, 0.1) is 5.92 Å². The number of hydrogen-bond acceptors (Lipinski definition) is 6. The quantitative estimate of drug-likeness (QED) is 0.264. The molecule has 0 radical (unpaired) electrons. The van der Waals surface area contributed by atoms with Gasteiger partial charge in [0.05, 0.1) is 12.4 Å². The van der Waals surface area contributed by atoms with Crippen LogP contribution in [0.4, 0.5) is 0 Å². The molecule has 0 spiro atoms. The number of H-pyrrole nitrogens is 1. The van der Waals surface area contributed by atoms with Gasteiger partial charge in [0.1, 0.15) is 18.6 Å². The first kappa shape index (κ1) is 23.3. The van der Waals surface area contributed by atoms with Crippen molar-refractivity contribution >= 4 is 23.7 Å². The molecular formula is C19H30N6O5. The Bertz CT molecular complexity index is 730. The number of imidazole rings is 1. The average Bonchev–Trinajstić information content (AvgIpc) is 3.38. The third kappa shape index (κ3) is 7.47. The number of carboxylic acids is 1. The SMILES string of the molecule is CC(C)CC(NC(=O)C1CCCN1)C(=O)NC(Cc1cnc[nH]1)C(=O)NCC(=O)O. The van der Waals surface area contributed by atoms with Crippen molar-refractivity contribution in [2.24, 2.45) is 5.92 Å². The van der Waals surface area contributed by atoms with Crippen molar-refractivity contribution in [2.75, 3.05) is 13.1 Å². The highest BCUT2D eigenvalue weighted by atomic mass is 16.4. The van der Waals surface area contributed by atoms with Crippen LogP contribution in [-0.4, -0.2) is 70.0 Å². The van der Waals surface area contributed by atoms with Gasteiger partial charge in [-0.1, -0.05) is 13.8 Å². The molecule has 3 unspecified atom stereocenters. The summed E-state index contributed by atoms with van der Waals surface area (Å²) in [7, 11) is 0. The summed E-state index contributed by atoms with van der Waals surface area (Å²) in [5.41, 5.74) is 0.602. The number of nitrogens with zero attached hydrogens (tertiary/aromatic N) is 1. The Morgan fingerprint density at radius 3 is 2.53 bits per heavy atom. The van der Waals surface area contributed by atoms with Gasteiger partial charge in [-0.25, -0.2) is 4.98 Å². The predicted molar refractivity (Wildman–Crippen MR) is 107 cm³/mol. The van der Waals surface area contributed by atoms with E-state index in [0.29, 0.717) is 18.5 Å². The predicted octanol–water partition coefficient (Wildman–Crippen LogP) is -1.08. The molecule has 2 heterocycles. The number of carbonyl (C=O) groups is 4. The van der Waals surface area contributed by atoms with Gasteiger partial charge >= 0.3 is 5.97 Å². The Kier molecular flexibility index (Phi) is 8.78. The summed E-state index contributed by atoms with van der Waals surface area (Å²) in [6, 6.07) is -2.16. The standard InChI is InChI=1S/C19H30N6O5/c1-11(2)6-14(24-18(29)13-4-3-5-21-13)19(30)25-15(7-12-8-20-10-23-12)17(28)22-9-16(26)27/h8,10-11,13-15,21H,3-7,9H2,1-2H3,(H,20,23)(H,22,28)(H,24,29)(H,25,30)(H,26,27). The van der Waals surface area contributed by atoms with E-state index in [4.69, 9.17) is 5.11 Å². The van der Waals surface area contributed by atoms with E-state index < -0.39 is 36.4 Å². The minimum atomic E-state index is -1.19. The maximum absolute atomic E-state index is 12.9. The minimum absolute atomic E-state index is 0.101. The minimum Gasteiger partial charge on any atom is -0.480 e. The molecule has 11 heteroatoms. The van der Waals surface area contributed by atoms with Crippen LogP contribution < -0.4 is 21.3 Å². The number of hydrogen-bond donors (Lipinski definition) is 6. The van der Waals surface area contributed by atoms with Gasteiger partial charge in [-0.15, -0.1) is 0 Å². The van der Waals surface area contributed by atoms with Gasteiger partial charge in [-0.2, -0.15) is 0 Å². The van der Waals surface area contributed by atoms with Gasteiger partial charge in [0.25, 0.3) is 0 Å². The molecule has 6 N–H and O–H groups in total. The molecule has 1 aliphatic rings. The maximum Gasteiger partial charge on any atom is 0.322 e. The normalized spacial score (nSPS) is 17.9. The Labute approximate surface area is 174 Å². The van der Waals surface area contributed by atoms with Crippen molar-refractivity contribution < 1.29 is 24.3 Å². The molecule has 1 aromatic heterocycles. The fraction of sp³-hybridized carbons (Fsp3) is 0.632. The summed E-state index contributed by atoms with van der Waals surface area (Å²) >= 11 is 0. The summed E-state index contributed by atoms with van der Waals surface area (Å²) < 4.78 is 0. The maximum atomic E-state index is 12.9. The molecule has 30 heavy (non-hydrogen) atoms. The molecule has 2 rings (SSSR count). The number of amides is 3. The average molecular weight is 422 g/mol. The van der Waals surface area contributed by atoms with Crippen molar-refractivity contribution in [1.29, 1.82) is 0 Å². The Morgan fingerprint density at radius 1 is 1.20 bits per heavy atom. The summed E-state index contributed by atoms with van der Waals surface area (Å²) in [6.45, 7) is 4.06. The highest BCUT2D eigenvalue weighted by molar-refractivity contribution is 5.93. The van der Waals surface area contributed by atoms with Crippen LogP contribution in [0.15, 0.2) is 12.5 Å². The van der Waals surface area contributed by atoms with E-state index in [1.165, 1.54) is 12.5 Å². The molecule has 0 aromatic carbocycles. The highest BCUT2D eigenvalue weighted by Crippen LogP contribution is 2.10. The molecule has 0 aliphatic carbocycles. The lowest BCUT2D eigenvalue weighted by atomic mass is 10.0. The second-order valence-electron chi connectivity index (χ2n) is 7.79. The molecule has 1 aliphatic heterocycles. The second kappa shape index (κ2) is 11.3. The van der Waals surface area contributed by atoms with Gasteiger partial charge in [0.2, 0.25) is 17.7 Å². The van der Waals surface area contributed by atoms with E-state index in [2.05, 4.69) is 31.2 Å². The van der Waals surface area contributed by atoms with E-state index in [0.717, 1.165) is 13.0 Å². The molecule has 0 saturated carbocycles. The Hall–Kier alpha value is -2.95. The van der Waals surface area contributed by atoms with Crippen molar-refractivity contribution in [2.45, 2.75) is 57.7 Å². The summed E-state index contributed by atoms with van der Waals surface area (Å²) in [4.78, 5) is 55.4. The largest absolute Gasteiger partial charge is 0.480 e. The van der Waals surface area contributed by atoms with Crippen LogP contribution in [0.1, 0.15) is 38.8 Å². The zero-order valence-electron chi connectivity index (χ0n) is 17.2. The lowest BCUT2D eigenvalue weighted by Crippen LogP contribution is -2.56. The fourth-order valence-electron chi connectivity index (χ4n) is 3.27. The van der Waals surface area contributed by atoms with Crippen LogP contribution in [0.25, 0.3) is 0 Å². The lowest BCUT2D eigenvalue weighted by molar-refractivity contribution is -0.138. The van der Waals surface area contributed by atoms with Crippen LogP contribution in [0.3, 0.4) is 0 Å². The molecule has 166 valence electrons. The molecular weight excluding hydrogens is 392 g/mol. The van der Waals surface area contributed by atoms with Gasteiger partial charge < -0.3 is 31.4 Å². The number of aromatic amines is 1. The van der Waals surface area contributed by atoms with E-state index >= 15 is 0 Å². The number of carbonyl (C=O) groups excluding carboxylic acids is 3. The summed E-state index contributed by atoms with van der Waals surface area (Å²) in [5, 5.41) is 19.6. The van der Waals surface area contributed by atoms with Crippen LogP contribution in [0.5, 0.6) is 0 Å². The Morgan fingerprint density at radius 2 is 1.97 bits per heavy atom. The van der Waals surface area contributed by atoms with Gasteiger partial charge in [0, 0.05) is 18.3 Å². The second-order valence-corrected chi connectivity index (χ2v) is 7.79. The fourth-order valence-corrected chi connectivity index (χ4v) is 3.27. The van der Waals surface area contributed by atoms with E-state index in [1.54, 1.807) is 0 Å². The number of nitrogens with one attached hydrogen (secondary N) is 5. The Balaban J connectivity index is 2.07. The first-order chi connectivity index (χ1) is 14.3. The first-order valence-electron chi connectivity index (χ1n) is 10.1. The van der Waals surface area contributed by atoms with Gasteiger partial charge in [-0.3, -0.25) is 19.2 Å². The van der Waals surface area contributed by atoms with Gasteiger partial charge in [0.15, 0.2) is 0 Å². The molecule has 1 saturated heterocycles. The summed E-state index contributed by atoms with van der Waals surface area (Å²) in [6.07, 6.45) is 5.07. The van der Waals surface area contributed by atoms with Crippen molar-refractivity contribution in [3.8, 4) is 0 Å². The first-order valence-corrected chi connectivity index (χ1v) is 10.1. The molecule has 1 fully saturated rings. The summed E-state index contributed by atoms with van der Waals surface area (Å²) in [5.74, 6) is -2.43. The molecule has 11 nitrogen and oxygen atoms in total. The smallest absolute Gasteiger partial charge is 0.322 e. The number of aliphatic carboxylic acids is 1. The van der Waals surface area contributed by atoms with Gasteiger partial charge in [-0.05, 0) is 31.7 Å².